The molecule has 10 heavy (non-hydrogen) atoms. The van der Waals surface area contributed by atoms with E-state index in [1.54, 1.807) is 6.08 Å². The summed E-state index contributed by atoms with van der Waals surface area (Å²) in [5.41, 5.74) is 1.92. The Balaban J connectivity index is 0. The Bertz CT molecular complexity index is 284. The summed E-state index contributed by atoms with van der Waals surface area (Å²) >= 11 is 0. The quantitative estimate of drug-likeness (QED) is 0.515. The van der Waals surface area contributed by atoms with Crippen molar-refractivity contribution < 1.29 is 2.85 Å². The summed E-state index contributed by atoms with van der Waals surface area (Å²) in [5, 5.41) is 0. The molecule has 0 spiro atoms. The zero-order valence-electron chi connectivity index (χ0n) is 5.67. The van der Waals surface area contributed by atoms with Gasteiger partial charge in [0, 0.05) is 8.42 Å². The normalized spacial score (nSPS) is 8.30. The Labute approximate surface area is 64.2 Å². The van der Waals surface area contributed by atoms with Gasteiger partial charge in [0.15, 0.2) is 0 Å². The van der Waals surface area contributed by atoms with Gasteiger partial charge < -0.3 is 0 Å². The van der Waals surface area contributed by atoms with Crippen molar-refractivity contribution >= 4 is 6.08 Å². The molecule has 0 aliphatic heterocycles. The molecule has 0 N–H and O–H groups in total. The molecule has 0 aromatic heterocycles. The van der Waals surface area contributed by atoms with Crippen LogP contribution in [0.4, 0.5) is 0 Å². The van der Waals surface area contributed by atoms with E-state index in [2.05, 4.69) is 12.5 Å². The van der Waals surface area contributed by atoms with Crippen molar-refractivity contribution in [1.29, 1.82) is 0 Å². The van der Waals surface area contributed by atoms with Crippen LogP contribution in [0.2, 0.25) is 0 Å². The Hall–Kier alpha value is -1.48. The molecular formula is C10H12. The molecule has 0 unspecified atom stereocenters. The van der Waals surface area contributed by atoms with E-state index >= 15 is 0 Å². The second kappa shape index (κ2) is 2.89. The third kappa shape index (κ3) is 1.09. The molecule has 0 fully saturated rings. The Morgan fingerprint density at radius 2 is 2.20 bits per heavy atom. The van der Waals surface area contributed by atoms with Crippen molar-refractivity contribution in [3.63, 3.8) is 0 Å². The monoisotopic (exact) mass is 132 g/mol. The van der Waals surface area contributed by atoms with Crippen LogP contribution in [0.25, 0.3) is 6.08 Å². The van der Waals surface area contributed by atoms with Crippen LogP contribution >= 0.6 is 0 Å². The van der Waals surface area contributed by atoms with Gasteiger partial charge in [-0.2, -0.15) is 0 Å². The average Bonchev–Trinajstić information content (AvgIpc) is 2.04. The van der Waals surface area contributed by atoms with Gasteiger partial charge in [-0.25, -0.2) is 0 Å². The first-order chi connectivity index (χ1) is 4.88. The highest BCUT2D eigenvalue weighted by molar-refractivity contribution is 5.56. The Kier molecular flexibility index (Phi) is 1.92. The third-order valence-corrected chi connectivity index (χ3v) is 1.34. The third-order valence-electron chi connectivity index (χ3n) is 1.34. The molecule has 0 saturated heterocycles. The summed E-state index contributed by atoms with van der Waals surface area (Å²) in [6.07, 6.45) is 6.99. The van der Waals surface area contributed by atoms with Gasteiger partial charge in [-0.3, -0.25) is 0 Å². The Morgan fingerprint density at radius 3 is 2.70 bits per heavy atom. The average molecular weight is 132 g/mol. The number of hydrogen-bond acceptors (Lipinski definition) is 0. The van der Waals surface area contributed by atoms with E-state index in [0.717, 1.165) is 11.1 Å². The second-order valence-electron chi connectivity index (χ2n) is 1.94. The molecule has 0 aliphatic carbocycles. The summed E-state index contributed by atoms with van der Waals surface area (Å²) in [5.74, 6) is 2.58. The summed E-state index contributed by atoms with van der Waals surface area (Å²) in [6, 6.07) is 7.71. The fraction of sp³-hybridized carbons (Fsp3) is 0. The van der Waals surface area contributed by atoms with E-state index < -0.39 is 0 Å². The van der Waals surface area contributed by atoms with Crippen LogP contribution < -0.4 is 0 Å². The minimum Gasteiger partial charge on any atom is -0.115 e. The lowest BCUT2D eigenvalue weighted by atomic mass is 10.1. The number of terminal acetylenes is 1. The maximum atomic E-state index is 5.23. The van der Waals surface area contributed by atoms with Gasteiger partial charge in [0.25, 0.3) is 0 Å². The zero-order valence-corrected chi connectivity index (χ0v) is 5.67. The first kappa shape index (κ1) is 6.64. The van der Waals surface area contributed by atoms with E-state index in [1.165, 1.54) is 0 Å². The maximum absolute atomic E-state index is 5.23. The molecule has 0 heterocycles. The smallest absolute Gasteiger partial charge is 0.0314 e. The molecule has 52 valence electrons. The molecule has 0 atom stereocenters. The van der Waals surface area contributed by atoms with Crippen LogP contribution in [0, 0.1) is 12.3 Å². The van der Waals surface area contributed by atoms with E-state index in [0.29, 0.717) is 0 Å². The van der Waals surface area contributed by atoms with Gasteiger partial charge in [0.2, 0.25) is 0 Å². The first-order valence-corrected chi connectivity index (χ1v) is 3.06. The van der Waals surface area contributed by atoms with Crippen LogP contribution in [-0.4, -0.2) is 0 Å². The van der Waals surface area contributed by atoms with Crippen LogP contribution in [0.1, 0.15) is 14.0 Å². The van der Waals surface area contributed by atoms with Gasteiger partial charge in [-0.1, -0.05) is 36.8 Å². The van der Waals surface area contributed by atoms with Crippen molar-refractivity contribution in [2.75, 3.05) is 0 Å². The lowest BCUT2D eigenvalue weighted by Gasteiger charge is -1.94. The van der Waals surface area contributed by atoms with Crippen LogP contribution in [0.5, 0.6) is 0 Å². The van der Waals surface area contributed by atoms with Gasteiger partial charge in [0.1, 0.15) is 0 Å². The number of benzene rings is 1. The molecule has 0 nitrogen and oxygen atoms in total. The minimum absolute atomic E-state index is 0. The van der Waals surface area contributed by atoms with Gasteiger partial charge >= 0.3 is 0 Å². The predicted molar refractivity (Wildman–Crippen MR) is 48.7 cm³/mol. The largest absolute Gasteiger partial charge is 0.115 e. The van der Waals surface area contributed by atoms with Gasteiger partial charge in [-0.05, 0) is 11.6 Å². The lowest BCUT2D eigenvalue weighted by Crippen LogP contribution is -1.77. The van der Waals surface area contributed by atoms with Crippen molar-refractivity contribution in [1.82, 2.24) is 0 Å². The summed E-state index contributed by atoms with van der Waals surface area (Å²) in [6.45, 7) is 3.64. The van der Waals surface area contributed by atoms with E-state index in [4.69, 9.17) is 6.42 Å². The van der Waals surface area contributed by atoms with E-state index in [9.17, 15) is 0 Å². The highest BCUT2D eigenvalue weighted by Gasteiger charge is 1.90. The zero-order chi connectivity index (χ0) is 7.40. The van der Waals surface area contributed by atoms with Crippen LogP contribution in [0.3, 0.4) is 0 Å². The standard InChI is InChI=1S/C10H8.2H2/c1-3-9-7-5-6-8-10(9)4-2;;/h1,4-8H,2H2;2*1H. The van der Waals surface area contributed by atoms with E-state index in [1.807, 2.05) is 24.3 Å². The molecule has 0 heteroatoms. The molecule has 1 aromatic rings. The molecule has 0 aliphatic rings. The predicted octanol–water partition coefficient (Wildman–Crippen LogP) is 2.80. The topological polar surface area (TPSA) is 0 Å². The summed E-state index contributed by atoms with van der Waals surface area (Å²) in [7, 11) is 0. The molecule has 0 radical (unpaired) electrons. The fourth-order valence-corrected chi connectivity index (χ4v) is 0.806. The minimum atomic E-state index is 0. The van der Waals surface area contributed by atoms with Crippen molar-refractivity contribution in [2.45, 2.75) is 0 Å². The van der Waals surface area contributed by atoms with Crippen molar-refractivity contribution in [3.8, 4) is 12.3 Å². The number of hydrogen-bond donors (Lipinski definition) is 0. The highest BCUT2D eigenvalue weighted by Crippen LogP contribution is 2.07. The molecule has 0 bridgehead atoms. The molecule has 0 saturated carbocycles. The second-order valence-corrected chi connectivity index (χ2v) is 1.94. The molecular weight excluding hydrogens is 120 g/mol. The fourth-order valence-electron chi connectivity index (χ4n) is 0.806. The van der Waals surface area contributed by atoms with Gasteiger partial charge in [0.05, 0.1) is 0 Å². The SMILES string of the molecule is C#Cc1ccccc1C=C.[HH].[HH]. The van der Waals surface area contributed by atoms with E-state index in [-0.39, 0.29) is 2.85 Å². The molecule has 1 rings (SSSR count). The van der Waals surface area contributed by atoms with Gasteiger partial charge in [-0.15, -0.1) is 6.42 Å². The van der Waals surface area contributed by atoms with Crippen LogP contribution in [0.15, 0.2) is 30.8 Å². The maximum Gasteiger partial charge on any atom is 0.0314 e. The highest BCUT2D eigenvalue weighted by atomic mass is 13.9. The molecule has 0 amide bonds. The Morgan fingerprint density at radius 1 is 1.50 bits per heavy atom. The first-order valence-electron chi connectivity index (χ1n) is 3.06. The van der Waals surface area contributed by atoms with Crippen LogP contribution in [-0.2, 0) is 0 Å². The van der Waals surface area contributed by atoms with Crippen molar-refractivity contribution in [2.24, 2.45) is 0 Å². The van der Waals surface area contributed by atoms with Crippen molar-refractivity contribution in [3.05, 3.63) is 42.0 Å². The lowest BCUT2D eigenvalue weighted by molar-refractivity contribution is 1.61. The number of rotatable bonds is 1. The summed E-state index contributed by atoms with van der Waals surface area (Å²) < 4.78 is 0. The molecule has 1 aromatic carbocycles. The summed E-state index contributed by atoms with van der Waals surface area (Å²) in [4.78, 5) is 0.